The van der Waals surface area contributed by atoms with Gasteiger partial charge < -0.3 is 18.9 Å². The summed E-state index contributed by atoms with van der Waals surface area (Å²) in [5, 5.41) is 0. The fraction of sp³-hybridized carbons (Fsp3) is 0.571. The van der Waals surface area contributed by atoms with Gasteiger partial charge in [-0.1, -0.05) is 0 Å². The third-order valence-corrected chi connectivity index (χ3v) is 2.80. The SMILES string of the molecule is COCCOCCOCCOc1c(F)cc(CCl)cc1F. The summed E-state index contributed by atoms with van der Waals surface area (Å²) < 4.78 is 47.3. The Morgan fingerprint density at radius 1 is 0.905 bits per heavy atom. The molecule has 0 amide bonds. The fourth-order valence-corrected chi connectivity index (χ4v) is 1.65. The lowest BCUT2D eigenvalue weighted by atomic mass is 10.2. The van der Waals surface area contributed by atoms with Gasteiger partial charge in [-0.3, -0.25) is 0 Å². The van der Waals surface area contributed by atoms with Crippen LogP contribution in [0.4, 0.5) is 8.78 Å². The molecular formula is C14H19ClF2O4. The zero-order valence-corrected chi connectivity index (χ0v) is 12.6. The van der Waals surface area contributed by atoms with Crippen LogP contribution in [0.15, 0.2) is 12.1 Å². The number of hydrogen-bond acceptors (Lipinski definition) is 4. The van der Waals surface area contributed by atoms with Crippen LogP contribution in [0.5, 0.6) is 5.75 Å². The Balaban J connectivity index is 2.18. The van der Waals surface area contributed by atoms with Crippen molar-refractivity contribution in [1.82, 2.24) is 0 Å². The predicted octanol–water partition coefficient (Wildman–Crippen LogP) is 2.76. The molecule has 1 rings (SSSR count). The lowest BCUT2D eigenvalue weighted by molar-refractivity contribution is 0.0174. The monoisotopic (exact) mass is 324 g/mol. The summed E-state index contributed by atoms with van der Waals surface area (Å²) in [6, 6.07) is 2.30. The normalized spacial score (nSPS) is 10.9. The second kappa shape index (κ2) is 10.7. The Morgan fingerprint density at radius 3 is 1.95 bits per heavy atom. The smallest absolute Gasteiger partial charge is 0.190 e. The first-order valence-electron chi connectivity index (χ1n) is 6.50. The molecule has 0 fully saturated rings. The van der Waals surface area contributed by atoms with Gasteiger partial charge in [0, 0.05) is 13.0 Å². The second-order valence-electron chi connectivity index (χ2n) is 4.09. The minimum atomic E-state index is -0.770. The van der Waals surface area contributed by atoms with Gasteiger partial charge in [0.25, 0.3) is 0 Å². The van der Waals surface area contributed by atoms with Gasteiger partial charge in [-0.25, -0.2) is 8.78 Å². The zero-order chi connectivity index (χ0) is 15.5. The van der Waals surface area contributed by atoms with Crippen LogP contribution >= 0.6 is 11.6 Å². The lowest BCUT2D eigenvalue weighted by Gasteiger charge is -2.10. The van der Waals surface area contributed by atoms with E-state index in [0.717, 1.165) is 12.1 Å². The van der Waals surface area contributed by atoms with Crippen molar-refractivity contribution in [3.8, 4) is 5.75 Å². The molecule has 0 aliphatic carbocycles. The number of ether oxygens (including phenoxy) is 4. The topological polar surface area (TPSA) is 36.9 Å². The molecular weight excluding hydrogens is 306 g/mol. The van der Waals surface area contributed by atoms with E-state index in [2.05, 4.69) is 0 Å². The average molecular weight is 325 g/mol. The summed E-state index contributed by atoms with van der Waals surface area (Å²) in [5.41, 5.74) is 0.364. The van der Waals surface area contributed by atoms with E-state index in [-0.39, 0.29) is 19.1 Å². The third kappa shape index (κ3) is 7.04. The van der Waals surface area contributed by atoms with Gasteiger partial charge in [0.05, 0.1) is 33.0 Å². The standard InChI is InChI=1S/C14H19ClF2O4/c1-18-2-3-19-4-5-20-6-7-21-14-12(16)8-11(10-15)9-13(14)17/h8-9H,2-7,10H2,1H3. The van der Waals surface area contributed by atoms with Crippen molar-refractivity contribution in [2.24, 2.45) is 0 Å². The van der Waals surface area contributed by atoms with Gasteiger partial charge >= 0.3 is 0 Å². The molecule has 0 aliphatic rings. The number of benzene rings is 1. The molecule has 120 valence electrons. The van der Waals surface area contributed by atoms with Crippen molar-refractivity contribution < 1.29 is 27.7 Å². The summed E-state index contributed by atoms with van der Waals surface area (Å²) >= 11 is 5.52. The first kappa shape index (κ1) is 18.1. The molecule has 0 spiro atoms. The van der Waals surface area contributed by atoms with Crippen LogP contribution in [0.1, 0.15) is 5.56 Å². The number of hydrogen-bond donors (Lipinski definition) is 0. The van der Waals surface area contributed by atoms with E-state index in [1.54, 1.807) is 7.11 Å². The Kier molecular flexibility index (Phi) is 9.25. The maximum absolute atomic E-state index is 13.5. The highest BCUT2D eigenvalue weighted by Gasteiger charge is 2.12. The van der Waals surface area contributed by atoms with E-state index < -0.39 is 17.4 Å². The minimum absolute atomic E-state index is 0.0420. The molecule has 0 saturated carbocycles. The molecule has 0 saturated heterocycles. The quantitative estimate of drug-likeness (QED) is 0.463. The van der Waals surface area contributed by atoms with Gasteiger partial charge in [0.1, 0.15) is 6.61 Å². The summed E-state index contributed by atoms with van der Waals surface area (Å²) in [6.07, 6.45) is 0. The van der Waals surface area contributed by atoms with Crippen molar-refractivity contribution in [3.05, 3.63) is 29.3 Å². The van der Waals surface area contributed by atoms with E-state index in [1.165, 1.54) is 0 Å². The Labute approximate surface area is 127 Å². The van der Waals surface area contributed by atoms with Gasteiger partial charge in [0.2, 0.25) is 0 Å². The van der Waals surface area contributed by atoms with Crippen LogP contribution < -0.4 is 4.74 Å². The number of halogens is 3. The molecule has 0 N–H and O–H groups in total. The molecule has 0 aromatic heterocycles. The van der Waals surface area contributed by atoms with E-state index >= 15 is 0 Å². The molecule has 0 radical (unpaired) electrons. The molecule has 7 heteroatoms. The summed E-state index contributed by atoms with van der Waals surface area (Å²) in [6.45, 7) is 2.09. The molecule has 0 aliphatic heterocycles. The largest absolute Gasteiger partial charge is 0.485 e. The van der Waals surface area contributed by atoms with Crippen molar-refractivity contribution in [2.75, 3.05) is 46.8 Å². The number of alkyl halides is 1. The lowest BCUT2D eigenvalue weighted by Crippen LogP contribution is -2.13. The Bertz CT molecular complexity index is 395. The maximum atomic E-state index is 13.5. The van der Waals surface area contributed by atoms with E-state index in [4.69, 9.17) is 30.5 Å². The first-order chi connectivity index (χ1) is 10.2. The summed E-state index contributed by atoms with van der Waals surface area (Å²) in [7, 11) is 1.59. The van der Waals surface area contributed by atoms with Gasteiger partial charge in [-0.2, -0.15) is 0 Å². The molecule has 4 nitrogen and oxygen atoms in total. The molecule has 21 heavy (non-hydrogen) atoms. The molecule has 1 aromatic rings. The van der Waals surface area contributed by atoms with Crippen molar-refractivity contribution >= 4 is 11.6 Å². The van der Waals surface area contributed by atoms with Crippen LogP contribution in [0.3, 0.4) is 0 Å². The molecule has 0 unspecified atom stereocenters. The van der Waals surface area contributed by atoms with Crippen LogP contribution in [0, 0.1) is 11.6 Å². The first-order valence-corrected chi connectivity index (χ1v) is 7.03. The number of methoxy groups -OCH3 is 1. The maximum Gasteiger partial charge on any atom is 0.190 e. The molecule has 0 atom stereocenters. The summed E-state index contributed by atoms with van der Waals surface area (Å²) in [5.74, 6) is -1.91. The van der Waals surface area contributed by atoms with Crippen molar-refractivity contribution in [2.45, 2.75) is 5.88 Å². The van der Waals surface area contributed by atoms with Crippen LogP contribution in [-0.4, -0.2) is 46.8 Å². The minimum Gasteiger partial charge on any atom is -0.485 e. The molecule has 0 bridgehead atoms. The second-order valence-corrected chi connectivity index (χ2v) is 4.36. The van der Waals surface area contributed by atoms with E-state index in [0.29, 0.717) is 32.0 Å². The van der Waals surface area contributed by atoms with E-state index in [1.807, 2.05) is 0 Å². The van der Waals surface area contributed by atoms with E-state index in [9.17, 15) is 8.78 Å². The van der Waals surface area contributed by atoms with Crippen LogP contribution in [0.25, 0.3) is 0 Å². The highest BCUT2D eigenvalue weighted by molar-refractivity contribution is 6.17. The predicted molar refractivity (Wildman–Crippen MR) is 74.9 cm³/mol. The van der Waals surface area contributed by atoms with Crippen LogP contribution in [-0.2, 0) is 20.1 Å². The third-order valence-electron chi connectivity index (χ3n) is 2.49. The van der Waals surface area contributed by atoms with Gasteiger partial charge in [-0.05, 0) is 17.7 Å². The average Bonchev–Trinajstić information content (AvgIpc) is 2.47. The zero-order valence-electron chi connectivity index (χ0n) is 11.9. The van der Waals surface area contributed by atoms with Gasteiger partial charge in [0.15, 0.2) is 17.4 Å². The number of rotatable bonds is 11. The van der Waals surface area contributed by atoms with Crippen molar-refractivity contribution in [3.63, 3.8) is 0 Å². The highest BCUT2D eigenvalue weighted by Crippen LogP contribution is 2.23. The molecule has 1 aromatic carbocycles. The Morgan fingerprint density at radius 2 is 1.43 bits per heavy atom. The summed E-state index contributed by atoms with van der Waals surface area (Å²) in [4.78, 5) is 0. The van der Waals surface area contributed by atoms with Crippen LogP contribution in [0.2, 0.25) is 0 Å². The fourth-order valence-electron chi connectivity index (χ4n) is 1.49. The Hall–Kier alpha value is -0.950. The van der Waals surface area contributed by atoms with Crippen molar-refractivity contribution in [1.29, 1.82) is 0 Å². The van der Waals surface area contributed by atoms with Gasteiger partial charge in [-0.15, -0.1) is 11.6 Å². The molecule has 0 heterocycles. The highest BCUT2D eigenvalue weighted by atomic mass is 35.5.